The van der Waals surface area contributed by atoms with Crippen LogP contribution in [-0.4, -0.2) is 61.1 Å². The Hall–Kier alpha value is -2.17. The summed E-state index contributed by atoms with van der Waals surface area (Å²) in [5, 5.41) is 10.8. The van der Waals surface area contributed by atoms with Crippen LogP contribution in [0.3, 0.4) is 0 Å². The zero-order valence-corrected chi connectivity index (χ0v) is 12.6. The van der Waals surface area contributed by atoms with Crippen molar-refractivity contribution in [2.45, 2.75) is 0 Å². The highest BCUT2D eigenvalue weighted by molar-refractivity contribution is 6.50. The van der Waals surface area contributed by atoms with Gasteiger partial charge in [-0.25, -0.2) is 0 Å². The molecular formula is C11H18BF4N5O. The summed E-state index contributed by atoms with van der Waals surface area (Å²) in [6.07, 6.45) is 0. The van der Waals surface area contributed by atoms with Crippen LogP contribution in [-0.2, 0) is 0 Å². The number of halogens is 4. The molecular weight excluding hydrogens is 305 g/mol. The predicted octanol–water partition coefficient (Wildman–Crippen LogP) is 1.74. The highest BCUT2D eigenvalue weighted by Gasteiger charge is 2.30. The maximum Gasteiger partial charge on any atom is 0.673 e. The molecule has 0 amide bonds. The normalized spacial score (nSPS) is 13.0. The molecule has 0 spiro atoms. The second kappa shape index (κ2) is 6.73. The summed E-state index contributed by atoms with van der Waals surface area (Å²) in [5.74, 6) is 0.925. The van der Waals surface area contributed by atoms with E-state index in [1.165, 1.54) is 0 Å². The Balaban J connectivity index is 0.000000422. The van der Waals surface area contributed by atoms with E-state index in [1.807, 2.05) is 66.9 Å². The van der Waals surface area contributed by atoms with Gasteiger partial charge in [0.2, 0.25) is 0 Å². The topological polar surface area (TPSA) is 45.0 Å². The summed E-state index contributed by atoms with van der Waals surface area (Å²) in [5.41, 5.74) is 4.52. The third kappa shape index (κ3) is 4.69. The monoisotopic (exact) mass is 323 g/mol. The number of anilines is 1. The van der Waals surface area contributed by atoms with E-state index in [2.05, 4.69) is 5.53 Å². The third-order valence-corrected chi connectivity index (χ3v) is 2.55. The molecule has 1 heterocycles. The van der Waals surface area contributed by atoms with Crippen molar-refractivity contribution in [3.63, 3.8) is 0 Å². The van der Waals surface area contributed by atoms with Crippen LogP contribution in [0.2, 0.25) is 0 Å². The van der Waals surface area contributed by atoms with Gasteiger partial charge in [0.1, 0.15) is 5.69 Å². The predicted molar refractivity (Wildman–Crippen MR) is 76.3 cm³/mol. The van der Waals surface area contributed by atoms with Crippen molar-refractivity contribution in [3.8, 4) is 0 Å². The van der Waals surface area contributed by atoms with Gasteiger partial charge in [-0.05, 0) is 12.1 Å². The minimum absolute atomic E-state index is 0.730. The van der Waals surface area contributed by atoms with E-state index in [1.54, 1.807) is 0 Å². The van der Waals surface area contributed by atoms with Gasteiger partial charge >= 0.3 is 13.2 Å². The summed E-state index contributed by atoms with van der Waals surface area (Å²) in [4.78, 5) is 3.95. The van der Waals surface area contributed by atoms with Crippen molar-refractivity contribution in [2.24, 2.45) is 0 Å². The number of hydrogen-bond acceptors (Lipinski definition) is 3. The highest BCUT2D eigenvalue weighted by atomic mass is 19.5. The number of nitrogens with one attached hydrogen (secondary N) is 1. The standard InChI is InChI=1S/C11H18N5O.BF4/c1-13(2)11(14(3)4)15-9-7-5-6-8-10(9)16(17)12-15;2-1(3,4)5/h5-8,12,17H,1-4H3;/q+1;-1. The Morgan fingerprint density at radius 2 is 1.55 bits per heavy atom. The Kier molecular flexibility index (Phi) is 5.47. The summed E-state index contributed by atoms with van der Waals surface area (Å²) < 4.78 is 40.8. The molecule has 22 heavy (non-hydrogen) atoms. The van der Waals surface area contributed by atoms with Crippen LogP contribution in [0, 0.1) is 0 Å². The van der Waals surface area contributed by atoms with Crippen molar-refractivity contribution < 1.29 is 27.2 Å². The lowest BCUT2D eigenvalue weighted by molar-refractivity contribution is -0.515. The van der Waals surface area contributed by atoms with Crippen LogP contribution in [0.15, 0.2) is 24.3 Å². The average Bonchev–Trinajstić information content (AvgIpc) is 2.65. The van der Waals surface area contributed by atoms with Crippen LogP contribution in [0.4, 0.5) is 28.6 Å². The first kappa shape index (κ1) is 17.9. The molecule has 0 bridgehead atoms. The molecule has 0 saturated heterocycles. The zero-order valence-electron chi connectivity index (χ0n) is 12.6. The first-order valence-electron chi connectivity index (χ1n) is 6.25. The van der Waals surface area contributed by atoms with Crippen molar-refractivity contribution >= 4 is 24.6 Å². The molecule has 0 radical (unpaired) electrons. The van der Waals surface area contributed by atoms with Gasteiger partial charge in [-0.3, -0.25) is 15.0 Å². The van der Waals surface area contributed by atoms with E-state index in [9.17, 15) is 22.5 Å². The number of para-hydroxylation sites is 2. The summed E-state index contributed by atoms with van der Waals surface area (Å²) in [6, 6.07) is 7.63. The molecule has 2 rings (SSSR count). The highest BCUT2D eigenvalue weighted by Crippen LogP contribution is 2.30. The Bertz CT molecular complexity index is 534. The molecule has 1 aliphatic heterocycles. The van der Waals surface area contributed by atoms with Crippen molar-refractivity contribution in [3.05, 3.63) is 24.3 Å². The zero-order chi connectivity index (χ0) is 17.1. The van der Waals surface area contributed by atoms with E-state index >= 15 is 0 Å². The summed E-state index contributed by atoms with van der Waals surface area (Å²) in [7, 11) is 1.83. The van der Waals surface area contributed by atoms with E-state index in [4.69, 9.17) is 0 Å². The molecule has 1 aromatic carbocycles. The number of guanidine groups is 1. The molecule has 0 atom stereocenters. The second-order valence-electron chi connectivity index (χ2n) is 4.82. The molecule has 0 unspecified atom stereocenters. The first-order chi connectivity index (χ1) is 10.0. The maximum absolute atomic E-state index is 9.79. The number of hydrazine groups is 2. The fourth-order valence-corrected chi connectivity index (χ4v) is 1.99. The molecule has 6 nitrogen and oxygen atoms in total. The largest absolute Gasteiger partial charge is 0.673 e. The molecule has 0 saturated carbocycles. The van der Waals surface area contributed by atoms with Crippen LogP contribution >= 0.6 is 0 Å². The number of hydrazone groups is 1. The van der Waals surface area contributed by atoms with Crippen molar-refractivity contribution in [1.29, 1.82) is 0 Å². The quantitative estimate of drug-likeness (QED) is 0.330. The van der Waals surface area contributed by atoms with Gasteiger partial charge in [-0.1, -0.05) is 12.1 Å². The summed E-state index contributed by atoms with van der Waals surface area (Å²) >= 11 is 0. The van der Waals surface area contributed by atoms with Gasteiger partial charge in [0, 0.05) is 0 Å². The molecule has 0 fully saturated rings. The minimum atomic E-state index is -6.00. The van der Waals surface area contributed by atoms with Gasteiger partial charge in [0.25, 0.3) is 0 Å². The van der Waals surface area contributed by atoms with Gasteiger partial charge in [-0.15, -0.1) is 9.86 Å². The molecule has 1 aromatic rings. The van der Waals surface area contributed by atoms with Gasteiger partial charge in [0.05, 0.1) is 28.2 Å². The average molecular weight is 323 g/mol. The number of benzene rings is 1. The first-order valence-corrected chi connectivity index (χ1v) is 6.25. The van der Waals surface area contributed by atoms with Crippen LogP contribution in [0.5, 0.6) is 0 Å². The van der Waals surface area contributed by atoms with E-state index < -0.39 is 7.25 Å². The van der Waals surface area contributed by atoms with Crippen LogP contribution < -0.4 is 10.7 Å². The molecule has 1 aliphatic rings. The Labute approximate surface area is 125 Å². The van der Waals surface area contributed by atoms with Gasteiger partial charge in [0.15, 0.2) is 5.69 Å². The van der Waals surface area contributed by atoms with Gasteiger partial charge in [-0.2, -0.15) is 5.53 Å². The lowest BCUT2D eigenvalue weighted by atomic mass is 10.3. The summed E-state index contributed by atoms with van der Waals surface area (Å²) in [6.45, 7) is 0. The van der Waals surface area contributed by atoms with E-state index in [0.29, 0.717) is 0 Å². The molecule has 124 valence electrons. The van der Waals surface area contributed by atoms with Crippen LogP contribution in [0.25, 0.3) is 0 Å². The SMILES string of the molecule is CN(C)C(N(C)C)=[N+]1NN(O)c2ccccc21.F[B-](F)(F)F. The van der Waals surface area contributed by atoms with Crippen molar-refractivity contribution in [2.75, 3.05) is 33.4 Å². The second-order valence-corrected chi connectivity index (χ2v) is 4.82. The van der Waals surface area contributed by atoms with Gasteiger partial charge < -0.3 is 17.3 Å². The lowest BCUT2D eigenvalue weighted by Gasteiger charge is -2.18. The molecule has 0 aromatic heterocycles. The van der Waals surface area contributed by atoms with Crippen molar-refractivity contribution in [1.82, 2.24) is 15.3 Å². The number of fused-ring (bicyclic) bond motifs is 1. The van der Waals surface area contributed by atoms with E-state index in [-0.39, 0.29) is 0 Å². The van der Waals surface area contributed by atoms with Crippen LogP contribution in [0.1, 0.15) is 0 Å². The molecule has 2 N–H and O–H groups in total. The molecule has 11 heteroatoms. The Morgan fingerprint density at radius 1 is 1.09 bits per heavy atom. The number of nitrogens with zero attached hydrogens (tertiary/aromatic N) is 4. The molecule has 0 aliphatic carbocycles. The maximum atomic E-state index is 9.79. The number of hydrogen-bond donors (Lipinski definition) is 2. The smallest absolute Gasteiger partial charge is 0.418 e. The lowest BCUT2D eigenvalue weighted by Crippen LogP contribution is -2.47. The fourth-order valence-electron chi connectivity index (χ4n) is 1.99. The minimum Gasteiger partial charge on any atom is -0.418 e. The Morgan fingerprint density at radius 3 is 2.00 bits per heavy atom. The number of rotatable bonds is 0. The third-order valence-electron chi connectivity index (χ3n) is 2.55. The van der Waals surface area contributed by atoms with E-state index in [0.717, 1.165) is 22.5 Å². The fraction of sp³-hybridized carbons (Fsp3) is 0.364.